The summed E-state index contributed by atoms with van der Waals surface area (Å²) < 4.78 is 39.9. The smallest absolute Gasteiger partial charge is 0.252 e. The number of H-pyrrole nitrogens is 1. The third-order valence-corrected chi connectivity index (χ3v) is 8.46. The molecule has 3 aromatic rings. The Balaban J connectivity index is 1.57. The van der Waals surface area contributed by atoms with Gasteiger partial charge in [0.2, 0.25) is 10.0 Å². The van der Waals surface area contributed by atoms with Gasteiger partial charge < -0.3 is 14.5 Å². The van der Waals surface area contributed by atoms with Crippen molar-refractivity contribution in [3.05, 3.63) is 63.4 Å². The number of sulfonamides is 1. The van der Waals surface area contributed by atoms with Gasteiger partial charge in [-0.1, -0.05) is 36.6 Å². The van der Waals surface area contributed by atoms with Gasteiger partial charge in [-0.15, -0.1) is 0 Å². The molecule has 1 saturated carbocycles. The Bertz CT molecular complexity index is 1330. The molecule has 7 nitrogen and oxygen atoms in total. The maximum absolute atomic E-state index is 13.6. The lowest BCUT2D eigenvalue weighted by atomic mass is 10.1. The zero-order valence-corrected chi connectivity index (χ0v) is 18.9. The Morgan fingerprint density at radius 2 is 1.72 bits per heavy atom. The molecule has 0 amide bonds. The van der Waals surface area contributed by atoms with Crippen molar-refractivity contribution in [3.63, 3.8) is 0 Å². The van der Waals surface area contributed by atoms with Crippen LogP contribution in [0.5, 0.6) is 11.5 Å². The van der Waals surface area contributed by atoms with Crippen molar-refractivity contribution < 1.29 is 17.9 Å². The Hall–Kier alpha value is -2.55. The first kappa shape index (κ1) is 21.3. The number of hydrogen-bond acceptors (Lipinski definition) is 5. The van der Waals surface area contributed by atoms with Crippen LogP contribution in [0.25, 0.3) is 10.9 Å². The first-order chi connectivity index (χ1) is 15.4. The minimum atomic E-state index is -3.89. The SMILES string of the molecule is O=c1[nH]c2cc3c(cc2cc1CN(C1CCCC1)S(=O)(=O)c1ccccc1Cl)OCCO3. The molecule has 168 valence electrons. The normalized spacial score (nSPS) is 16.7. The van der Waals surface area contributed by atoms with Crippen LogP contribution in [0.1, 0.15) is 31.2 Å². The summed E-state index contributed by atoms with van der Waals surface area (Å²) in [6.45, 7) is 0.884. The number of pyridine rings is 1. The second-order valence-corrected chi connectivity index (χ2v) is 10.4. The topological polar surface area (TPSA) is 88.7 Å². The van der Waals surface area contributed by atoms with E-state index in [4.69, 9.17) is 21.1 Å². The fourth-order valence-electron chi connectivity index (χ4n) is 4.46. The zero-order valence-electron chi connectivity index (χ0n) is 17.3. The highest BCUT2D eigenvalue weighted by Gasteiger charge is 2.35. The molecule has 0 radical (unpaired) electrons. The van der Waals surface area contributed by atoms with E-state index >= 15 is 0 Å². The second-order valence-electron chi connectivity index (χ2n) is 8.13. The minimum absolute atomic E-state index is 0.0298. The Labute approximate surface area is 191 Å². The molecule has 32 heavy (non-hydrogen) atoms. The van der Waals surface area contributed by atoms with Gasteiger partial charge in [-0.25, -0.2) is 8.42 Å². The maximum Gasteiger partial charge on any atom is 0.252 e. The summed E-state index contributed by atoms with van der Waals surface area (Å²) in [7, 11) is -3.89. The number of rotatable bonds is 5. The van der Waals surface area contributed by atoms with E-state index in [0.29, 0.717) is 35.8 Å². The van der Waals surface area contributed by atoms with Crippen LogP contribution in [0, 0.1) is 0 Å². The van der Waals surface area contributed by atoms with E-state index < -0.39 is 10.0 Å². The number of ether oxygens (including phenoxy) is 2. The van der Waals surface area contributed by atoms with Gasteiger partial charge in [0, 0.05) is 29.6 Å². The van der Waals surface area contributed by atoms with Crippen molar-refractivity contribution in [2.45, 2.75) is 43.2 Å². The summed E-state index contributed by atoms with van der Waals surface area (Å²) in [5.41, 5.74) is 0.660. The summed E-state index contributed by atoms with van der Waals surface area (Å²) >= 11 is 6.24. The lowest BCUT2D eigenvalue weighted by Crippen LogP contribution is -2.39. The van der Waals surface area contributed by atoms with Crippen molar-refractivity contribution in [1.29, 1.82) is 0 Å². The summed E-state index contributed by atoms with van der Waals surface area (Å²) in [6.07, 6.45) is 3.43. The van der Waals surface area contributed by atoms with Gasteiger partial charge in [0.1, 0.15) is 18.1 Å². The lowest BCUT2D eigenvalue weighted by Gasteiger charge is -2.28. The van der Waals surface area contributed by atoms with Crippen LogP contribution in [-0.2, 0) is 16.6 Å². The summed E-state index contributed by atoms with van der Waals surface area (Å²) in [6, 6.07) is 11.5. The fraction of sp³-hybridized carbons (Fsp3) is 0.348. The average molecular weight is 475 g/mol. The highest BCUT2D eigenvalue weighted by molar-refractivity contribution is 7.89. The van der Waals surface area contributed by atoms with Crippen LogP contribution in [0.15, 0.2) is 52.2 Å². The highest BCUT2D eigenvalue weighted by Crippen LogP contribution is 2.35. The average Bonchev–Trinajstić information content (AvgIpc) is 3.30. The summed E-state index contributed by atoms with van der Waals surface area (Å²) in [4.78, 5) is 15.8. The molecule has 5 rings (SSSR count). The molecule has 0 saturated heterocycles. The molecule has 2 aromatic carbocycles. The number of hydrogen-bond donors (Lipinski definition) is 1. The maximum atomic E-state index is 13.6. The van der Waals surface area contributed by atoms with Gasteiger partial charge in [0.25, 0.3) is 5.56 Å². The van der Waals surface area contributed by atoms with Gasteiger partial charge in [0.05, 0.1) is 10.5 Å². The molecule has 0 spiro atoms. The molecule has 0 atom stereocenters. The standard InChI is InChI=1S/C23H23ClN2O5S/c24-18-7-3-4-8-22(18)32(28,29)26(17-5-1-2-6-17)14-16-11-15-12-20-21(31-10-9-30-20)13-19(15)25-23(16)27/h3-4,7-8,11-13,17H,1-2,5-6,9-10,14H2,(H,25,27). The molecule has 2 aliphatic rings. The number of halogens is 1. The first-order valence-corrected chi connectivity index (χ1v) is 12.5. The first-order valence-electron chi connectivity index (χ1n) is 10.7. The number of aromatic amines is 1. The van der Waals surface area contributed by atoms with E-state index in [2.05, 4.69) is 4.98 Å². The predicted octanol–water partition coefficient (Wildman–Crippen LogP) is 4.09. The van der Waals surface area contributed by atoms with Crippen molar-refractivity contribution in [1.82, 2.24) is 9.29 Å². The Morgan fingerprint density at radius 1 is 1.03 bits per heavy atom. The molecule has 0 bridgehead atoms. The second kappa shape index (κ2) is 8.42. The van der Waals surface area contributed by atoms with Crippen molar-refractivity contribution >= 4 is 32.5 Å². The van der Waals surface area contributed by atoms with Crippen LogP contribution in [0.3, 0.4) is 0 Å². The molecule has 1 aliphatic heterocycles. The Morgan fingerprint density at radius 3 is 2.44 bits per heavy atom. The number of aromatic nitrogens is 1. The van der Waals surface area contributed by atoms with Crippen molar-refractivity contribution in [3.8, 4) is 11.5 Å². The van der Waals surface area contributed by atoms with Crippen LogP contribution >= 0.6 is 11.6 Å². The Kier molecular flexibility index (Phi) is 5.61. The highest BCUT2D eigenvalue weighted by atomic mass is 35.5. The third-order valence-electron chi connectivity index (χ3n) is 6.07. The largest absolute Gasteiger partial charge is 0.486 e. The minimum Gasteiger partial charge on any atom is -0.486 e. The molecule has 1 aliphatic carbocycles. The van der Waals surface area contributed by atoms with Crippen LogP contribution < -0.4 is 15.0 Å². The van der Waals surface area contributed by atoms with Gasteiger partial charge in [-0.05, 0) is 37.1 Å². The molecule has 1 N–H and O–H groups in total. The molecule has 9 heteroatoms. The van der Waals surface area contributed by atoms with Gasteiger partial charge in [-0.2, -0.15) is 4.31 Å². The fourth-order valence-corrected chi connectivity index (χ4v) is 6.61. The number of nitrogens with one attached hydrogen (secondary N) is 1. The van der Waals surface area contributed by atoms with Gasteiger partial charge >= 0.3 is 0 Å². The van der Waals surface area contributed by atoms with E-state index in [0.717, 1.165) is 31.1 Å². The molecule has 2 heterocycles. The van der Waals surface area contributed by atoms with E-state index in [-0.39, 0.29) is 28.1 Å². The van der Waals surface area contributed by atoms with E-state index in [1.807, 2.05) is 6.07 Å². The number of nitrogens with zero attached hydrogens (tertiary/aromatic N) is 1. The molecule has 1 fully saturated rings. The van der Waals surface area contributed by atoms with E-state index in [9.17, 15) is 13.2 Å². The van der Waals surface area contributed by atoms with E-state index in [1.54, 1.807) is 30.3 Å². The molecular formula is C23H23ClN2O5S. The number of fused-ring (bicyclic) bond motifs is 2. The monoisotopic (exact) mass is 474 g/mol. The molecular weight excluding hydrogens is 452 g/mol. The van der Waals surface area contributed by atoms with Gasteiger partial charge in [0.15, 0.2) is 11.5 Å². The summed E-state index contributed by atoms with van der Waals surface area (Å²) in [5, 5.41) is 0.928. The lowest BCUT2D eigenvalue weighted by molar-refractivity contribution is 0.172. The quantitative estimate of drug-likeness (QED) is 0.601. The van der Waals surface area contributed by atoms with Crippen LogP contribution in [-0.4, -0.2) is 37.0 Å². The third kappa shape index (κ3) is 3.87. The van der Waals surface area contributed by atoms with Gasteiger partial charge in [-0.3, -0.25) is 4.79 Å². The molecule has 0 unspecified atom stereocenters. The number of benzene rings is 2. The van der Waals surface area contributed by atoms with Crippen molar-refractivity contribution in [2.75, 3.05) is 13.2 Å². The molecule has 1 aromatic heterocycles. The summed E-state index contributed by atoms with van der Waals surface area (Å²) in [5.74, 6) is 1.19. The predicted molar refractivity (Wildman–Crippen MR) is 122 cm³/mol. The zero-order chi connectivity index (χ0) is 22.3. The van der Waals surface area contributed by atoms with Crippen LogP contribution in [0.4, 0.5) is 0 Å². The van der Waals surface area contributed by atoms with E-state index in [1.165, 1.54) is 10.4 Å². The van der Waals surface area contributed by atoms with Crippen LogP contribution in [0.2, 0.25) is 5.02 Å². The van der Waals surface area contributed by atoms with Crippen molar-refractivity contribution in [2.24, 2.45) is 0 Å².